The molecule has 1 heterocycles. The van der Waals surface area contributed by atoms with E-state index in [1.54, 1.807) is 11.3 Å². The van der Waals surface area contributed by atoms with E-state index in [1.165, 1.54) is 12.1 Å². The van der Waals surface area contributed by atoms with Crippen molar-refractivity contribution in [1.29, 1.82) is 0 Å². The van der Waals surface area contributed by atoms with E-state index in [2.05, 4.69) is 31.5 Å². The van der Waals surface area contributed by atoms with E-state index in [4.69, 9.17) is 4.98 Å². The molecular weight excluding hydrogens is 271 g/mol. The molecule has 0 radical (unpaired) electrons. The van der Waals surface area contributed by atoms with Crippen LogP contribution in [0.2, 0.25) is 0 Å². The molecule has 2 rings (SSSR count). The van der Waals surface area contributed by atoms with Crippen molar-refractivity contribution in [3.8, 4) is 0 Å². The highest BCUT2D eigenvalue weighted by molar-refractivity contribution is 7.09. The van der Waals surface area contributed by atoms with E-state index in [9.17, 15) is 4.39 Å². The quantitative estimate of drug-likeness (QED) is 0.918. The Balaban J connectivity index is 2.14. The number of thiazole rings is 1. The fourth-order valence-electron chi connectivity index (χ4n) is 2.01. The molecule has 2 nitrogen and oxygen atoms in total. The second kappa shape index (κ2) is 6.02. The molecule has 20 heavy (non-hydrogen) atoms. The molecule has 0 fully saturated rings. The highest BCUT2D eigenvalue weighted by atomic mass is 32.1. The number of benzene rings is 1. The summed E-state index contributed by atoms with van der Waals surface area (Å²) < 4.78 is 13.0. The molecule has 0 saturated heterocycles. The van der Waals surface area contributed by atoms with Gasteiger partial charge in [-0.3, -0.25) is 0 Å². The molecule has 0 aliphatic carbocycles. The van der Waals surface area contributed by atoms with Crippen LogP contribution in [0.3, 0.4) is 0 Å². The first-order valence-corrected chi connectivity index (χ1v) is 7.65. The third kappa shape index (κ3) is 3.64. The molecular formula is C16H21FN2S. The predicted octanol–water partition coefficient (Wildman–Crippen LogP) is 4.08. The van der Waals surface area contributed by atoms with Crippen molar-refractivity contribution >= 4 is 11.3 Å². The number of hydrogen-bond donors (Lipinski definition) is 1. The molecule has 108 valence electrons. The van der Waals surface area contributed by atoms with Crippen molar-refractivity contribution in [2.45, 2.75) is 38.6 Å². The summed E-state index contributed by atoms with van der Waals surface area (Å²) in [7, 11) is 1.92. The van der Waals surface area contributed by atoms with Gasteiger partial charge in [-0.2, -0.15) is 0 Å². The second-order valence-corrected chi connectivity index (χ2v) is 6.92. The number of hydrogen-bond acceptors (Lipinski definition) is 3. The standard InChI is InChI=1S/C16H21FN2S/c1-16(2,3)14-10-20-15(19-14)9-13(18-4)11-5-7-12(17)8-6-11/h5-8,10,13,18H,9H2,1-4H3. The Morgan fingerprint density at radius 3 is 2.40 bits per heavy atom. The molecule has 1 N–H and O–H groups in total. The van der Waals surface area contributed by atoms with Crippen LogP contribution in [0.25, 0.3) is 0 Å². The molecule has 0 aliphatic heterocycles. The van der Waals surface area contributed by atoms with E-state index in [0.717, 1.165) is 22.7 Å². The Labute approximate surface area is 124 Å². The van der Waals surface area contributed by atoms with Gasteiger partial charge < -0.3 is 5.32 Å². The SMILES string of the molecule is CNC(Cc1nc(C(C)(C)C)cs1)c1ccc(F)cc1. The molecule has 1 aromatic heterocycles. The van der Waals surface area contributed by atoms with Gasteiger partial charge in [0.05, 0.1) is 10.7 Å². The second-order valence-electron chi connectivity index (χ2n) is 5.97. The van der Waals surface area contributed by atoms with Crippen molar-refractivity contribution in [2.75, 3.05) is 7.05 Å². The summed E-state index contributed by atoms with van der Waals surface area (Å²) in [5.41, 5.74) is 2.30. The molecule has 0 bridgehead atoms. The van der Waals surface area contributed by atoms with Gasteiger partial charge in [-0.05, 0) is 24.7 Å². The lowest BCUT2D eigenvalue weighted by Crippen LogP contribution is -2.19. The maximum Gasteiger partial charge on any atom is 0.123 e. The third-order valence-electron chi connectivity index (χ3n) is 3.32. The summed E-state index contributed by atoms with van der Waals surface area (Å²) in [5.74, 6) is -0.201. The molecule has 1 atom stereocenters. The van der Waals surface area contributed by atoms with Crippen molar-refractivity contribution in [3.63, 3.8) is 0 Å². The van der Waals surface area contributed by atoms with Gasteiger partial charge in [-0.25, -0.2) is 9.37 Å². The molecule has 4 heteroatoms. The zero-order valence-electron chi connectivity index (χ0n) is 12.4. The molecule has 0 saturated carbocycles. The minimum atomic E-state index is -0.201. The van der Waals surface area contributed by atoms with Crippen LogP contribution in [0.15, 0.2) is 29.6 Å². The zero-order chi connectivity index (χ0) is 14.8. The van der Waals surface area contributed by atoms with Crippen LogP contribution in [0, 0.1) is 5.82 Å². The third-order valence-corrected chi connectivity index (χ3v) is 4.19. The lowest BCUT2D eigenvalue weighted by Gasteiger charge is -2.16. The van der Waals surface area contributed by atoms with Crippen LogP contribution in [-0.2, 0) is 11.8 Å². The predicted molar refractivity (Wildman–Crippen MR) is 82.7 cm³/mol. The van der Waals surface area contributed by atoms with E-state index in [-0.39, 0.29) is 17.3 Å². The number of halogens is 1. The average Bonchev–Trinajstić information content (AvgIpc) is 2.85. The summed E-state index contributed by atoms with van der Waals surface area (Å²) in [6.07, 6.45) is 0.822. The zero-order valence-corrected chi connectivity index (χ0v) is 13.2. The number of rotatable bonds is 4. The number of nitrogens with zero attached hydrogens (tertiary/aromatic N) is 1. The Bertz CT molecular complexity index is 555. The van der Waals surface area contributed by atoms with Crippen LogP contribution < -0.4 is 5.32 Å². The maximum atomic E-state index is 13.0. The fourth-order valence-corrected chi connectivity index (χ4v) is 3.07. The monoisotopic (exact) mass is 292 g/mol. The summed E-state index contributed by atoms with van der Waals surface area (Å²) in [4.78, 5) is 4.72. The first kappa shape index (κ1) is 15.1. The normalized spacial score (nSPS) is 13.4. The van der Waals surface area contributed by atoms with Crippen LogP contribution in [0.1, 0.15) is 43.1 Å². The molecule has 2 aromatic rings. The van der Waals surface area contributed by atoms with E-state index in [1.807, 2.05) is 19.2 Å². The largest absolute Gasteiger partial charge is 0.313 e. The number of nitrogens with one attached hydrogen (secondary N) is 1. The van der Waals surface area contributed by atoms with Crippen molar-refractivity contribution in [2.24, 2.45) is 0 Å². The fraction of sp³-hybridized carbons (Fsp3) is 0.438. The summed E-state index contributed by atoms with van der Waals surface area (Å²) in [5, 5.41) is 6.52. The van der Waals surface area contributed by atoms with E-state index in [0.29, 0.717) is 0 Å². The number of likely N-dealkylation sites (N-methyl/N-ethyl adjacent to an activating group) is 1. The Morgan fingerprint density at radius 1 is 1.25 bits per heavy atom. The molecule has 0 spiro atoms. The molecule has 1 aromatic carbocycles. The number of aromatic nitrogens is 1. The Kier molecular flexibility index (Phi) is 4.55. The van der Waals surface area contributed by atoms with Crippen LogP contribution in [0.4, 0.5) is 4.39 Å². The van der Waals surface area contributed by atoms with Gasteiger partial charge in [0.25, 0.3) is 0 Å². The van der Waals surface area contributed by atoms with Gasteiger partial charge in [-0.1, -0.05) is 32.9 Å². The summed E-state index contributed by atoms with van der Waals surface area (Å²) in [6.45, 7) is 6.50. The summed E-state index contributed by atoms with van der Waals surface area (Å²) >= 11 is 1.69. The Hall–Kier alpha value is -1.26. The molecule has 0 amide bonds. The Morgan fingerprint density at radius 2 is 1.90 bits per heavy atom. The topological polar surface area (TPSA) is 24.9 Å². The molecule has 0 aliphatic rings. The van der Waals surface area contributed by atoms with Gasteiger partial charge in [-0.15, -0.1) is 11.3 Å². The van der Waals surface area contributed by atoms with Gasteiger partial charge in [0.15, 0.2) is 0 Å². The first-order valence-electron chi connectivity index (χ1n) is 6.78. The van der Waals surface area contributed by atoms with Crippen molar-refractivity contribution < 1.29 is 4.39 Å². The van der Waals surface area contributed by atoms with Crippen molar-refractivity contribution in [3.05, 3.63) is 51.7 Å². The lowest BCUT2D eigenvalue weighted by molar-refractivity contribution is 0.559. The highest BCUT2D eigenvalue weighted by Crippen LogP contribution is 2.26. The van der Waals surface area contributed by atoms with E-state index >= 15 is 0 Å². The van der Waals surface area contributed by atoms with Gasteiger partial charge in [0.2, 0.25) is 0 Å². The van der Waals surface area contributed by atoms with Gasteiger partial charge in [0.1, 0.15) is 5.82 Å². The lowest BCUT2D eigenvalue weighted by atomic mass is 9.93. The maximum absolute atomic E-state index is 13.0. The smallest absolute Gasteiger partial charge is 0.123 e. The van der Waals surface area contributed by atoms with Gasteiger partial charge >= 0.3 is 0 Å². The van der Waals surface area contributed by atoms with Crippen LogP contribution >= 0.6 is 11.3 Å². The summed E-state index contributed by atoms with van der Waals surface area (Å²) in [6, 6.07) is 6.82. The van der Waals surface area contributed by atoms with Crippen LogP contribution in [-0.4, -0.2) is 12.0 Å². The van der Waals surface area contributed by atoms with Crippen molar-refractivity contribution in [1.82, 2.24) is 10.3 Å². The minimum absolute atomic E-state index is 0.0831. The van der Waals surface area contributed by atoms with Gasteiger partial charge in [0, 0.05) is 23.3 Å². The minimum Gasteiger partial charge on any atom is -0.313 e. The highest BCUT2D eigenvalue weighted by Gasteiger charge is 2.19. The molecule has 1 unspecified atom stereocenters. The van der Waals surface area contributed by atoms with Crippen LogP contribution in [0.5, 0.6) is 0 Å². The average molecular weight is 292 g/mol. The van der Waals surface area contributed by atoms with E-state index < -0.39 is 0 Å². The first-order chi connectivity index (χ1) is 9.40.